The lowest BCUT2D eigenvalue weighted by molar-refractivity contribution is 0.0530. The van der Waals surface area contributed by atoms with E-state index in [0.717, 1.165) is 5.39 Å². The van der Waals surface area contributed by atoms with Gasteiger partial charge in [-0.05, 0) is 60.7 Å². The zero-order chi connectivity index (χ0) is 27.9. The van der Waals surface area contributed by atoms with Gasteiger partial charge in [-0.2, -0.15) is 0 Å². The molecule has 0 unspecified atom stereocenters. The highest BCUT2D eigenvalue weighted by Crippen LogP contribution is 2.22. The SMILES string of the molecule is Nc1ccccc1NC(=O)c1ccc(OCCN(COc2cccc(F)c2)C(=O)c2cc3ccccc3o2)cc1. The van der Waals surface area contributed by atoms with Gasteiger partial charge in [0.15, 0.2) is 12.5 Å². The summed E-state index contributed by atoms with van der Waals surface area (Å²) in [7, 11) is 0. The fourth-order valence-electron chi connectivity index (χ4n) is 3.96. The van der Waals surface area contributed by atoms with Crippen LogP contribution in [-0.2, 0) is 0 Å². The van der Waals surface area contributed by atoms with Crippen LogP contribution in [0.4, 0.5) is 15.8 Å². The van der Waals surface area contributed by atoms with Crippen molar-refractivity contribution in [2.24, 2.45) is 0 Å². The average Bonchev–Trinajstić information content (AvgIpc) is 3.40. The highest BCUT2D eigenvalue weighted by atomic mass is 19.1. The largest absolute Gasteiger partial charge is 0.492 e. The summed E-state index contributed by atoms with van der Waals surface area (Å²) in [5.74, 6) is -0.198. The van der Waals surface area contributed by atoms with Gasteiger partial charge in [0, 0.05) is 17.0 Å². The number of anilines is 2. The normalized spacial score (nSPS) is 10.7. The lowest BCUT2D eigenvalue weighted by Crippen LogP contribution is -2.37. The molecule has 5 aromatic rings. The number of nitrogens with two attached hydrogens (primary N) is 1. The molecule has 0 aliphatic carbocycles. The van der Waals surface area contributed by atoms with Crippen molar-refractivity contribution < 1.29 is 27.9 Å². The number of benzene rings is 4. The molecule has 0 saturated heterocycles. The molecule has 9 heteroatoms. The van der Waals surface area contributed by atoms with E-state index in [-0.39, 0.29) is 37.3 Å². The molecule has 4 aromatic carbocycles. The van der Waals surface area contributed by atoms with E-state index in [1.807, 2.05) is 18.2 Å². The van der Waals surface area contributed by atoms with Gasteiger partial charge in [-0.25, -0.2) is 4.39 Å². The Bertz CT molecular complexity index is 1600. The lowest BCUT2D eigenvalue weighted by Gasteiger charge is -2.22. The number of ether oxygens (including phenoxy) is 2. The fourth-order valence-corrected chi connectivity index (χ4v) is 3.96. The number of rotatable bonds is 10. The Kier molecular flexibility index (Phi) is 7.92. The molecular weight excluding hydrogens is 513 g/mol. The second-order valence-electron chi connectivity index (χ2n) is 8.86. The number of nitrogens with one attached hydrogen (secondary N) is 1. The molecule has 0 fully saturated rings. The summed E-state index contributed by atoms with van der Waals surface area (Å²) in [5.41, 5.74) is 7.92. The molecule has 40 heavy (non-hydrogen) atoms. The van der Waals surface area contributed by atoms with Crippen LogP contribution in [0.1, 0.15) is 20.9 Å². The minimum Gasteiger partial charge on any atom is -0.492 e. The third-order valence-electron chi connectivity index (χ3n) is 6.06. The van der Waals surface area contributed by atoms with Crippen molar-refractivity contribution >= 4 is 34.2 Å². The van der Waals surface area contributed by atoms with Crippen molar-refractivity contribution in [1.82, 2.24) is 4.90 Å². The first kappa shape index (κ1) is 26.3. The zero-order valence-electron chi connectivity index (χ0n) is 21.4. The van der Waals surface area contributed by atoms with E-state index in [1.54, 1.807) is 66.7 Å². The molecule has 0 aliphatic heterocycles. The van der Waals surface area contributed by atoms with Gasteiger partial charge in [-0.1, -0.05) is 36.4 Å². The first-order chi connectivity index (χ1) is 19.5. The van der Waals surface area contributed by atoms with Crippen LogP contribution in [0.2, 0.25) is 0 Å². The highest BCUT2D eigenvalue weighted by Gasteiger charge is 2.21. The van der Waals surface area contributed by atoms with E-state index in [0.29, 0.717) is 28.3 Å². The number of fused-ring (bicyclic) bond motifs is 1. The number of hydrogen-bond acceptors (Lipinski definition) is 6. The van der Waals surface area contributed by atoms with Gasteiger partial charge in [0.05, 0.1) is 17.9 Å². The Hall–Kier alpha value is -5.31. The van der Waals surface area contributed by atoms with Gasteiger partial charge in [-0.3, -0.25) is 14.5 Å². The predicted molar refractivity (Wildman–Crippen MR) is 150 cm³/mol. The Morgan fingerprint density at radius 1 is 0.850 bits per heavy atom. The van der Waals surface area contributed by atoms with Crippen LogP contribution in [0, 0.1) is 5.82 Å². The Balaban J connectivity index is 1.22. The first-order valence-electron chi connectivity index (χ1n) is 12.5. The maximum absolute atomic E-state index is 13.6. The fraction of sp³-hybridized carbons (Fsp3) is 0.0968. The number of carbonyl (C=O) groups excluding carboxylic acids is 2. The molecule has 0 bridgehead atoms. The van der Waals surface area contributed by atoms with E-state index < -0.39 is 11.7 Å². The standard InChI is InChI=1S/C31H26FN3O5/c32-23-7-5-8-25(19-23)39-20-35(31(37)29-18-22-6-1-4-11-28(22)40-29)16-17-38-24-14-12-21(13-15-24)30(36)34-27-10-3-2-9-26(27)33/h1-15,18-19H,16-17,20,33H2,(H,34,36). The number of nitrogens with zero attached hydrogens (tertiary/aromatic N) is 1. The summed E-state index contributed by atoms with van der Waals surface area (Å²) in [6, 6.07) is 28.3. The van der Waals surface area contributed by atoms with E-state index >= 15 is 0 Å². The van der Waals surface area contributed by atoms with E-state index in [9.17, 15) is 14.0 Å². The van der Waals surface area contributed by atoms with Crippen molar-refractivity contribution in [3.8, 4) is 11.5 Å². The van der Waals surface area contributed by atoms with Crippen molar-refractivity contribution in [3.63, 3.8) is 0 Å². The predicted octanol–water partition coefficient (Wildman–Crippen LogP) is 5.96. The smallest absolute Gasteiger partial charge is 0.292 e. The van der Waals surface area contributed by atoms with Crippen LogP contribution >= 0.6 is 0 Å². The Labute approximate surface area is 229 Å². The average molecular weight is 540 g/mol. The van der Waals surface area contributed by atoms with Crippen molar-refractivity contribution in [2.75, 3.05) is 30.9 Å². The van der Waals surface area contributed by atoms with Crippen molar-refractivity contribution in [2.45, 2.75) is 0 Å². The minimum absolute atomic E-state index is 0.130. The van der Waals surface area contributed by atoms with Gasteiger partial charge in [-0.15, -0.1) is 0 Å². The number of para-hydroxylation sites is 3. The molecule has 8 nitrogen and oxygen atoms in total. The van der Waals surface area contributed by atoms with Gasteiger partial charge >= 0.3 is 0 Å². The second-order valence-corrected chi connectivity index (χ2v) is 8.86. The second kappa shape index (κ2) is 12.0. The summed E-state index contributed by atoms with van der Waals surface area (Å²) < 4.78 is 30.9. The Morgan fingerprint density at radius 3 is 2.40 bits per heavy atom. The van der Waals surface area contributed by atoms with Gasteiger partial charge < -0.3 is 24.9 Å². The molecular formula is C31H26FN3O5. The van der Waals surface area contributed by atoms with E-state index in [1.165, 1.54) is 23.1 Å². The maximum atomic E-state index is 13.6. The number of furan rings is 1. The third kappa shape index (κ3) is 6.39. The van der Waals surface area contributed by atoms with Gasteiger partial charge in [0.1, 0.15) is 29.5 Å². The zero-order valence-corrected chi connectivity index (χ0v) is 21.4. The summed E-state index contributed by atoms with van der Waals surface area (Å²) in [6.07, 6.45) is 0. The molecule has 2 amide bonds. The van der Waals surface area contributed by atoms with Gasteiger partial charge in [0.2, 0.25) is 0 Å². The van der Waals surface area contributed by atoms with E-state index in [2.05, 4.69) is 5.32 Å². The molecule has 0 aliphatic rings. The topological polar surface area (TPSA) is 107 Å². The molecule has 1 heterocycles. The summed E-state index contributed by atoms with van der Waals surface area (Å²) in [5, 5.41) is 3.58. The monoisotopic (exact) mass is 539 g/mol. The maximum Gasteiger partial charge on any atom is 0.292 e. The summed E-state index contributed by atoms with van der Waals surface area (Å²) >= 11 is 0. The molecule has 0 radical (unpaired) electrons. The van der Waals surface area contributed by atoms with Gasteiger partial charge in [0.25, 0.3) is 11.8 Å². The molecule has 0 saturated carbocycles. The van der Waals surface area contributed by atoms with Crippen molar-refractivity contribution in [1.29, 1.82) is 0 Å². The highest BCUT2D eigenvalue weighted by molar-refractivity contribution is 6.05. The molecule has 3 N–H and O–H groups in total. The van der Waals surface area contributed by atoms with Crippen LogP contribution in [-0.4, -0.2) is 36.6 Å². The number of carbonyl (C=O) groups is 2. The van der Waals surface area contributed by atoms with Crippen LogP contribution < -0.4 is 20.5 Å². The number of hydrogen-bond donors (Lipinski definition) is 2. The number of amides is 2. The van der Waals surface area contributed by atoms with Crippen molar-refractivity contribution in [3.05, 3.63) is 120 Å². The minimum atomic E-state index is -0.444. The first-order valence-corrected chi connectivity index (χ1v) is 12.5. The van der Waals surface area contributed by atoms with Crippen LogP contribution in [0.3, 0.4) is 0 Å². The molecule has 0 atom stereocenters. The Morgan fingerprint density at radius 2 is 1.62 bits per heavy atom. The molecule has 5 rings (SSSR count). The third-order valence-corrected chi connectivity index (χ3v) is 6.06. The summed E-state index contributed by atoms with van der Waals surface area (Å²) in [6.45, 7) is 0.135. The molecule has 0 spiro atoms. The molecule has 202 valence electrons. The van der Waals surface area contributed by atoms with Crippen LogP contribution in [0.15, 0.2) is 108 Å². The van der Waals surface area contributed by atoms with Crippen LogP contribution in [0.5, 0.6) is 11.5 Å². The summed E-state index contributed by atoms with van der Waals surface area (Å²) in [4.78, 5) is 27.3. The molecule has 1 aromatic heterocycles. The lowest BCUT2D eigenvalue weighted by atomic mass is 10.2. The number of nitrogen functional groups attached to an aromatic ring is 1. The quantitative estimate of drug-likeness (QED) is 0.167. The number of halogens is 1. The van der Waals surface area contributed by atoms with E-state index in [4.69, 9.17) is 19.6 Å². The van der Waals surface area contributed by atoms with Crippen LogP contribution in [0.25, 0.3) is 11.0 Å².